The fraction of sp³-hybridized carbons (Fsp3) is 0.909. The molecule has 0 aromatic heterocycles. The first-order valence-electron chi connectivity index (χ1n) is 5.86. The molecule has 0 saturated carbocycles. The van der Waals surface area contributed by atoms with Gasteiger partial charge in [-0.05, 0) is 25.7 Å². The van der Waals surface area contributed by atoms with Crippen molar-refractivity contribution in [3.63, 3.8) is 0 Å². The molecule has 0 aliphatic rings. The number of rotatable bonds is 8. The highest BCUT2D eigenvalue weighted by molar-refractivity contribution is 5.61. The summed E-state index contributed by atoms with van der Waals surface area (Å²) in [5.41, 5.74) is 5.33. The molecule has 0 aromatic rings. The van der Waals surface area contributed by atoms with Gasteiger partial charge in [0.2, 0.25) is 0 Å². The second kappa shape index (κ2) is 9.00. The number of nitrogens with two attached hydrogens (primary N) is 1. The molecule has 0 radical (unpaired) electrons. The van der Waals surface area contributed by atoms with Crippen LogP contribution in [-0.4, -0.2) is 19.1 Å². The van der Waals surface area contributed by atoms with Crippen molar-refractivity contribution in [2.24, 2.45) is 5.73 Å². The number of carbonyl (C=O) groups excluding carboxylic acids is 1. The van der Waals surface area contributed by atoms with Crippen molar-refractivity contribution in [2.45, 2.75) is 52.4 Å². The molecule has 0 aromatic carbocycles. The Morgan fingerprint density at radius 2 is 1.43 bits per heavy atom. The van der Waals surface area contributed by atoms with Gasteiger partial charge in [-0.15, -0.1) is 0 Å². The van der Waals surface area contributed by atoms with Gasteiger partial charge in [-0.1, -0.05) is 26.7 Å². The third kappa shape index (κ3) is 6.89. The lowest BCUT2D eigenvalue weighted by atomic mass is 10.2. The van der Waals surface area contributed by atoms with Crippen molar-refractivity contribution in [3.8, 4) is 0 Å². The molecule has 0 heterocycles. The Kier molecular flexibility index (Phi) is 8.64. The lowest BCUT2D eigenvalue weighted by Gasteiger charge is -2.13. The van der Waals surface area contributed by atoms with Gasteiger partial charge in [-0.2, -0.15) is 0 Å². The fourth-order valence-electron chi connectivity index (χ4n) is 1.55. The summed E-state index contributed by atoms with van der Waals surface area (Å²) in [5.74, 6) is 0. The highest BCUT2D eigenvalue weighted by Crippen LogP contribution is 1.91. The van der Waals surface area contributed by atoms with Crippen molar-refractivity contribution in [1.82, 2.24) is 0 Å². The monoisotopic (exact) mass is 201 g/mol. The predicted octanol–water partition coefficient (Wildman–Crippen LogP) is 1.33. The van der Waals surface area contributed by atoms with Crippen molar-refractivity contribution in [2.75, 3.05) is 13.1 Å². The van der Waals surface area contributed by atoms with Crippen LogP contribution in [0.25, 0.3) is 0 Å². The molecular weight excluding hydrogens is 176 g/mol. The van der Waals surface area contributed by atoms with Crippen LogP contribution >= 0.6 is 0 Å². The zero-order chi connectivity index (χ0) is 10.8. The van der Waals surface area contributed by atoms with Gasteiger partial charge < -0.3 is 5.73 Å². The summed E-state index contributed by atoms with van der Waals surface area (Å²) < 4.78 is 0. The van der Waals surface area contributed by atoms with Crippen LogP contribution < -0.4 is 10.6 Å². The summed E-state index contributed by atoms with van der Waals surface area (Å²) in [6, 6.07) is -0.183. The van der Waals surface area contributed by atoms with Gasteiger partial charge in [-0.3, -0.25) is 4.90 Å². The highest BCUT2D eigenvalue weighted by Gasteiger charge is 2.13. The maximum Gasteiger partial charge on any atom is 0.412 e. The van der Waals surface area contributed by atoms with Gasteiger partial charge in [0.15, 0.2) is 0 Å². The average molecular weight is 201 g/mol. The standard InChI is InChI=1S/C11H24N2O/c1-3-5-7-9-13(11(12)14)10-8-6-4-2/h3-10H2,1-2H3,(H2,12,14)/p+1. The molecule has 0 unspecified atom stereocenters. The Balaban J connectivity index is 3.61. The molecule has 3 heteroatoms. The van der Waals surface area contributed by atoms with Gasteiger partial charge in [-0.25, -0.2) is 4.79 Å². The molecule has 0 aliphatic heterocycles. The Bertz CT molecular complexity index is 138. The number of carbonyl (C=O) groups is 1. The quantitative estimate of drug-likeness (QED) is 0.572. The SMILES string of the molecule is CCCCC[NH+](CCCCC)C(N)=O. The Labute approximate surface area is 87.6 Å². The number of unbranched alkanes of at least 4 members (excludes halogenated alkanes) is 4. The van der Waals surface area contributed by atoms with Gasteiger partial charge >= 0.3 is 6.03 Å². The Morgan fingerprint density at radius 3 is 1.71 bits per heavy atom. The van der Waals surface area contributed by atoms with E-state index >= 15 is 0 Å². The second-order valence-electron chi connectivity index (χ2n) is 3.88. The van der Waals surface area contributed by atoms with Gasteiger partial charge in [0, 0.05) is 0 Å². The van der Waals surface area contributed by atoms with E-state index in [0.717, 1.165) is 30.8 Å². The summed E-state index contributed by atoms with van der Waals surface area (Å²) in [4.78, 5) is 12.0. The summed E-state index contributed by atoms with van der Waals surface area (Å²) in [6.45, 7) is 6.15. The van der Waals surface area contributed by atoms with Crippen LogP contribution in [-0.2, 0) is 0 Å². The van der Waals surface area contributed by atoms with Crippen LogP contribution in [0.5, 0.6) is 0 Å². The molecule has 3 N–H and O–H groups in total. The Morgan fingerprint density at radius 1 is 1.00 bits per heavy atom. The first-order valence-corrected chi connectivity index (χ1v) is 5.86. The number of quaternary nitrogens is 1. The first-order chi connectivity index (χ1) is 6.72. The van der Waals surface area contributed by atoms with E-state index < -0.39 is 0 Å². The number of urea groups is 1. The third-order valence-corrected chi connectivity index (χ3v) is 2.51. The summed E-state index contributed by atoms with van der Waals surface area (Å²) in [6.07, 6.45) is 7.01. The number of hydrogen-bond acceptors (Lipinski definition) is 1. The van der Waals surface area contributed by atoms with E-state index in [0.29, 0.717) is 0 Å². The average Bonchev–Trinajstić information content (AvgIpc) is 2.15. The lowest BCUT2D eigenvalue weighted by molar-refractivity contribution is -0.815. The fourth-order valence-corrected chi connectivity index (χ4v) is 1.55. The van der Waals surface area contributed by atoms with Crippen molar-refractivity contribution >= 4 is 6.03 Å². The van der Waals surface area contributed by atoms with Crippen LogP contribution in [0.3, 0.4) is 0 Å². The maximum atomic E-state index is 11.1. The van der Waals surface area contributed by atoms with E-state index in [1.54, 1.807) is 0 Å². The molecule has 0 spiro atoms. The lowest BCUT2D eigenvalue weighted by Crippen LogP contribution is -3.15. The molecule has 2 amide bonds. The molecule has 0 saturated heterocycles. The minimum absolute atomic E-state index is 0.183. The van der Waals surface area contributed by atoms with E-state index in [1.165, 1.54) is 25.7 Å². The van der Waals surface area contributed by atoms with E-state index in [4.69, 9.17) is 5.73 Å². The number of hydrogen-bond donors (Lipinski definition) is 2. The zero-order valence-electron chi connectivity index (χ0n) is 9.64. The normalized spacial score (nSPS) is 10.8. The molecule has 0 atom stereocenters. The molecule has 0 rings (SSSR count). The number of amides is 2. The topological polar surface area (TPSA) is 47.5 Å². The van der Waals surface area contributed by atoms with Gasteiger partial charge in [0.05, 0.1) is 13.1 Å². The van der Waals surface area contributed by atoms with E-state index in [9.17, 15) is 4.79 Å². The maximum absolute atomic E-state index is 11.1. The van der Waals surface area contributed by atoms with Crippen LogP contribution in [0.1, 0.15) is 52.4 Å². The highest BCUT2D eigenvalue weighted by atomic mass is 16.2. The molecule has 84 valence electrons. The Hall–Kier alpha value is -0.570. The summed E-state index contributed by atoms with van der Waals surface area (Å²) in [5, 5.41) is 0. The van der Waals surface area contributed by atoms with Crippen LogP contribution in [0.15, 0.2) is 0 Å². The largest absolute Gasteiger partial charge is 0.412 e. The molecule has 0 fully saturated rings. The van der Waals surface area contributed by atoms with Crippen molar-refractivity contribution in [3.05, 3.63) is 0 Å². The van der Waals surface area contributed by atoms with E-state index in [2.05, 4.69) is 13.8 Å². The first kappa shape index (κ1) is 13.4. The molecule has 3 nitrogen and oxygen atoms in total. The van der Waals surface area contributed by atoms with Crippen LogP contribution in [0.4, 0.5) is 4.79 Å². The zero-order valence-corrected chi connectivity index (χ0v) is 9.64. The molecule has 14 heavy (non-hydrogen) atoms. The van der Waals surface area contributed by atoms with Crippen LogP contribution in [0.2, 0.25) is 0 Å². The van der Waals surface area contributed by atoms with Crippen molar-refractivity contribution in [1.29, 1.82) is 0 Å². The molecular formula is C11H25N2O+. The number of primary amides is 1. The molecule has 0 aliphatic carbocycles. The third-order valence-electron chi connectivity index (χ3n) is 2.51. The van der Waals surface area contributed by atoms with Crippen molar-refractivity contribution < 1.29 is 9.69 Å². The minimum Gasteiger partial charge on any atom is -0.319 e. The second-order valence-corrected chi connectivity index (χ2v) is 3.88. The smallest absolute Gasteiger partial charge is 0.319 e. The minimum atomic E-state index is -0.183. The summed E-state index contributed by atoms with van der Waals surface area (Å²) >= 11 is 0. The van der Waals surface area contributed by atoms with E-state index in [-0.39, 0.29) is 6.03 Å². The summed E-state index contributed by atoms with van der Waals surface area (Å²) in [7, 11) is 0. The van der Waals surface area contributed by atoms with Gasteiger partial charge in [0.1, 0.15) is 0 Å². The predicted molar refractivity (Wildman–Crippen MR) is 59.3 cm³/mol. The van der Waals surface area contributed by atoms with Crippen LogP contribution in [0, 0.1) is 0 Å². The van der Waals surface area contributed by atoms with Gasteiger partial charge in [0.25, 0.3) is 0 Å². The molecule has 0 bridgehead atoms. The number of nitrogens with one attached hydrogen (secondary N) is 1. The van der Waals surface area contributed by atoms with E-state index in [1.807, 2.05) is 0 Å².